The number of urea groups is 1. The van der Waals surface area contributed by atoms with Gasteiger partial charge in [0.2, 0.25) is 0 Å². The van der Waals surface area contributed by atoms with Crippen molar-refractivity contribution in [2.24, 2.45) is 5.92 Å². The van der Waals surface area contributed by atoms with E-state index in [9.17, 15) is 9.59 Å². The van der Waals surface area contributed by atoms with E-state index in [0.29, 0.717) is 12.0 Å². The zero-order chi connectivity index (χ0) is 14.5. The molecule has 5 nitrogen and oxygen atoms in total. The van der Waals surface area contributed by atoms with Gasteiger partial charge in [0.05, 0.1) is 0 Å². The minimum Gasteiger partial charge on any atom is -0.481 e. The summed E-state index contributed by atoms with van der Waals surface area (Å²) in [4.78, 5) is 27.0. The Hall–Kier alpha value is -0.910. The molecule has 2 amide bonds. The number of hydrogen-bond acceptors (Lipinski definition) is 3. The Morgan fingerprint density at radius 2 is 1.95 bits per heavy atom. The van der Waals surface area contributed by atoms with Gasteiger partial charge in [-0.1, -0.05) is 0 Å². The second-order valence-electron chi connectivity index (χ2n) is 5.76. The summed E-state index contributed by atoms with van der Waals surface area (Å²) in [7, 11) is 0. The molecule has 0 aliphatic carbocycles. The number of nitrogens with zero attached hydrogens (tertiary/aromatic N) is 2. The van der Waals surface area contributed by atoms with Gasteiger partial charge < -0.3 is 14.9 Å². The van der Waals surface area contributed by atoms with Crippen molar-refractivity contribution in [3.8, 4) is 0 Å². The van der Waals surface area contributed by atoms with Gasteiger partial charge in [-0.15, -0.1) is 0 Å². The summed E-state index contributed by atoms with van der Waals surface area (Å²) in [6.45, 7) is 4.52. The van der Waals surface area contributed by atoms with Crippen molar-refractivity contribution in [3.63, 3.8) is 0 Å². The normalized spacial score (nSPS) is 24.8. The van der Waals surface area contributed by atoms with E-state index in [4.69, 9.17) is 5.11 Å². The van der Waals surface area contributed by atoms with Gasteiger partial charge in [0.25, 0.3) is 0 Å². The van der Waals surface area contributed by atoms with Crippen molar-refractivity contribution >= 4 is 23.8 Å². The average Bonchev–Trinajstić information content (AvgIpc) is 2.45. The minimum atomic E-state index is -0.719. The van der Waals surface area contributed by atoms with E-state index >= 15 is 0 Å². The maximum absolute atomic E-state index is 12.5. The number of carboxylic acid groups (broad SMARTS) is 1. The molecule has 114 valence electrons. The fourth-order valence-electron chi connectivity index (χ4n) is 2.93. The van der Waals surface area contributed by atoms with Gasteiger partial charge in [-0.2, -0.15) is 11.8 Å². The van der Waals surface area contributed by atoms with Crippen molar-refractivity contribution in [3.05, 3.63) is 0 Å². The number of rotatable bonds is 3. The summed E-state index contributed by atoms with van der Waals surface area (Å²) in [5.41, 5.74) is 0. The molecule has 1 N–H and O–H groups in total. The predicted octanol–water partition coefficient (Wildman–Crippen LogP) is 2.12. The van der Waals surface area contributed by atoms with Crippen molar-refractivity contribution in [1.29, 1.82) is 0 Å². The van der Waals surface area contributed by atoms with Gasteiger partial charge in [0.1, 0.15) is 0 Å². The molecular weight excluding hydrogens is 276 g/mol. The van der Waals surface area contributed by atoms with Crippen LogP contribution in [-0.4, -0.2) is 64.1 Å². The molecule has 0 radical (unpaired) electrons. The molecule has 0 saturated carbocycles. The van der Waals surface area contributed by atoms with Gasteiger partial charge in [-0.05, 0) is 32.1 Å². The molecule has 1 atom stereocenters. The minimum absolute atomic E-state index is 0.175. The topological polar surface area (TPSA) is 60.9 Å². The summed E-state index contributed by atoms with van der Waals surface area (Å²) in [6, 6.07) is 0.500. The molecule has 2 saturated heterocycles. The molecule has 2 rings (SSSR count). The first-order valence-corrected chi connectivity index (χ1v) is 8.58. The van der Waals surface area contributed by atoms with E-state index in [1.165, 1.54) is 0 Å². The van der Waals surface area contributed by atoms with Crippen molar-refractivity contribution in [2.45, 2.75) is 38.6 Å². The van der Waals surface area contributed by atoms with Crippen LogP contribution in [0.5, 0.6) is 0 Å². The molecule has 0 aromatic carbocycles. The zero-order valence-corrected chi connectivity index (χ0v) is 12.9. The predicted molar refractivity (Wildman–Crippen MR) is 80.1 cm³/mol. The van der Waals surface area contributed by atoms with Gasteiger partial charge in [-0.25, -0.2) is 4.79 Å². The van der Waals surface area contributed by atoms with E-state index in [1.54, 1.807) is 0 Å². The number of carbonyl (C=O) groups is 2. The number of piperidine rings is 1. The zero-order valence-electron chi connectivity index (χ0n) is 12.1. The quantitative estimate of drug-likeness (QED) is 0.867. The van der Waals surface area contributed by atoms with Crippen LogP contribution in [0, 0.1) is 5.92 Å². The maximum Gasteiger partial charge on any atom is 0.320 e. The van der Waals surface area contributed by atoms with Gasteiger partial charge >= 0.3 is 12.0 Å². The molecule has 1 unspecified atom stereocenters. The van der Waals surface area contributed by atoms with Crippen LogP contribution >= 0.6 is 11.8 Å². The Balaban J connectivity index is 1.78. The molecule has 0 aromatic rings. The third-order valence-electron chi connectivity index (χ3n) is 4.26. The second kappa shape index (κ2) is 7.20. The number of likely N-dealkylation sites (tertiary alicyclic amines) is 1. The van der Waals surface area contributed by atoms with E-state index in [1.807, 2.05) is 21.6 Å². The van der Waals surface area contributed by atoms with Crippen LogP contribution in [0.25, 0.3) is 0 Å². The number of thioether (sulfide) groups is 1. The molecule has 2 aliphatic heterocycles. The third kappa shape index (κ3) is 4.04. The molecule has 6 heteroatoms. The monoisotopic (exact) mass is 300 g/mol. The smallest absolute Gasteiger partial charge is 0.320 e. The van der Waals surface area contributed by atoms with Crippen molar-refractivity contribution in [1.82, 2.24) is 9.80 Å². The number of amides is 2. The lowest BCUT2D eigenvalue weighted by molar-refractivity contribution is -0.137. The Labute approximate surface area is 124 Å². The molecule has 0 spiro atoms. The lowest BCUT2D eigenvalue weighted by Crippen LogP contribution is -2.52. The van der Waals surface area contributed by atoms with Crippen molar-refractivity contribution in [2.75, 3.05) is 31.1 Å². The lowest BCUT2D eigenvalue weighted by atomic mass is 9.92. The van der Waals surface area contributed by atoms with Gasteiger partial charge in [-0.3, -0.25) is 4.79 Å². The fourth-order valence-corrected chi connectivity index (χ4v) is 3.95. The van der Waals surface area contributed by atoms with Crippen LogP contribution in [-0.2, 0) is 4.79 Å². The van der Waals surface area contributed by atoms with E-state index in [-0.39, 0.29) is 12.5 Å². The van der Waals surface area contributed by atoms with Crippen LogP contribution in [0.2, 0.25) is 0 Å². The molecule has 0 aromatic heterocycles. The molecule has 0 bridgehead atoms. The Morgan fingerprint density at radius 3 is 2.55 bits per heavy atom. The second-order valence-corrected chi connectivity index (χ2v) is 6.91. The van der Waals surface area contributed by atoms with Gasteiger partial charge in [0.15, 0.2) is 0 Å². The van der Waals surface area contributed by atoms with Crippen molar-refractivity contribution < 1.29 is 14.7 Å². The Bertz CT molecular complexity index is 356. The Kier molecular flexibility index (Phi) is 5.57. The first kappa shape index (κ1) is 15.5. The van der Waals surface area contributed by atoms with Crippen LogP contribution in [0.1, 0.15) is 32.6 Å². The van der Waals surface area contributed by atoms with Crippen LogP contribution in [0.3, 0.4) is 0 Å². The molecule has 2 heterocycles. The SMILES string of the molecule is CC1CSCCN1C(=O)N1CCC(CCC(=O)O)CC1. The highest BCUT2D eigenvalue weighted by molar-refractivity contribution is 7.99. The van der Waals surface area contributed by atoms with Crippen LogP contribution in [0.15, 0.2) is 0 Å². The van der Waals surface area contributed by atoms with Crippen LogP contribution < -0.4 is 0 Å². The highest BCUT2D eigenvalue weighted by Crippen LogP contribution is 2.24. The largest absolute Gasteiger partial charge is 0.481 e. The summed E-state index contributed by atoms with van der Waals surface area (Å²) in [6.07, 6.45) is 2.87. The number of carboxylic acids is 1. The highest BCUT2D eigenvalue weighted by atomic mass is 32.2. The number of hydrogen-bond donors (Lipinski definition) is 1. The van der Waals surface area contributed by atoms with Gasteiger partial charge in [0, 0.05) is 43.6 Å². The fraction of sp³-hybridized carbons (Fsp3) is 0.857. The molecule has 20 heavy (non-hydrogen) atoms. The first-order chi connectivity index (χ1) is 9.58. The van der Waals surface area contributed by atoms with Crippen LogP contribution in [0.4, 0.5) is 4.79 Å². The van der Waals surface area contributed by atoms with E-state index in [2.05, 4.69) is 6.92 Å². The lowest BCUT2D eigenvalue weighted by Gasteiger charge is -2.39. The van der Waals surface area contributed by atoms with E-state index < -0.39 is 5.97 Å². The summed E-state index contributed by atoms with van der Waals surface area (Å²) in [5.74, 6) is 1.80. The summed E-state index contributed by atoms with van der Waals surface area (Å²) >= 11 is 1.91. The molecule has 2 fully saturated rings. The Morgan fingerprint density at radius 1 is 1.25 bits per heavy atom. The number of aliphatic carboxylic acids is 1. The number of carbonyl (C=O) groups excluding carboxylic acids is 1. The standard InChI is InChI=1S/C14H24N2O3S/c1-11-10-20-9-8-16(11)14(19)15-6-4-12(5-7-15)2-3-13(17)18/h11-12H,2-10H2,1H3,(H,17,18). The summed E-state index contributed by atoms with van der Waals surface area (Å²) < 4.78 is 0. The first-order valence-electron chi connectivity index (χ1n) is 7.43. The van der Waals surface area contributed by atoms with E-state index in [0.717, 1.165) is 50.4 Å². The molecular formula is C14H24N2O3S. The third-order valence-corrected chi connectivity index (χ3v) is 5.45. The highest BCUT2D eigenvalue weighted by Gasteiger charge is 2.30. The molecule has 2 aliphatic rings. The summed E-state index contributed by atoms with van der Waals surface area (Å²) in [5, 5.41) is 8.71. The maximum atomic E-state index is 12.5. The average molecular weight is 300 g/mol.